The molecular weight excluding hydrogens is 350 g/mol. The molecule has 0 aliphatic rings. The van der Waals surface area contributed by atoms with Crippen LogP contribution in [0.5, 0.6) is 5.75 Å². The van der Waals surface area contributed by atoms with Gasteiger partial charge in [-0.15, -0.1) is 0 Å². The quantitative estimate of drug-likeness (QED) is 0.423. The molecule has 0 fully saturated rings. The number of ketones is 1. The minimum absolute atomic E-state index is 0.0772. The first-order valence-corrected chi connectivity index (χ1v) is 8.14. The van der Waals surface area contributed by atoms with Crippen molar-refractivity contribution >= 4 is 28.6 Å². The van der Waals surface area contributed by atoms with Gasteiger partial charge in [0.1, 0.15) is 11.3 Å². The molecule has 3 aromatic rings. The van der Waals surface area contributed by atoms with Gasteiger partial charge in [0.15, 0.2) is 0 Å². The van der Waals surface area contributed by atoms with Gasteiger partial charge in [-0.3, -0.25) is 19.7 Å². The normalized spacial score (nSPS) is 10.4. The number of benzene rings is 2. The van der Waals surface area contributed by atoms with E-state index in [0.717, 1.165) is 0 Å². The second-order valence-corrected chi connectivity index (χ2v) is 5.58. The van der Waals surface area contributed by atoms with Crippen molar-refractivity contribution in [3.8, 4) is 5.75 Å². The molecule has 7 heteroatoms. The molecule has 0 radical (unpaired) electrons. The van der Waals surface area contributed by atoms with Crippen molar-refractivity contribution in [3.05, 3.63) is 76.1 Å². The van der Waals surface area contributed by atoms with Gasteiger partial charge in [-0.05, 0) is 55.5 Å². The fourth-order valence-electron chi connectivity index (χ4n) is 2.45. The van der Waals surface area contributed by atoms with Crippen LogP contribution >= 0.6 is 0 Å². The van der Waals surface area contributed by atoms with Crippen molar-refractivity contribution < 1.29 is 23.5 Å². The van der Waals surface area contributed by atoms with E-state index < -0.39 is 23.2 Å². The van der Waals surface area contributed by atoms with Crippen molar-refractivity contribution in [2.24, 2.45) is 0 Å². The summed E-state index contributed by atoms with van der Waals surface area (Å²) in [7, 11) is 0. The fraction of sp³-hybridized carbons (Fsp3) is 0.100. The minimum Gasteiger partial charge on any atom is -0.494 e. The maximum atomic E-state index is 12.3. The summed E-state index contributed by atoms with van der Waals surface area (Å²) in [6.07, 6.45) is 0. The van der Waals surface area contributed by atoms with Crippen molar-refractivity contribution in [2.75, 3.05) is 6.61 Å². The average Bonchev–Trinajstić information content (AvgIpc) is 2.67. The van der Waals surface area contributed by atoms with Gasteiger partial charge < -0.3 is 9.15 Å². The molecule has 0 aliphatic carbocycles. The molecule has 3 rings (SSSR count). The summed E-state index contributed by atoms with van der Waals surface area (Å²) in [4.78, 5) is 47.7. The molecule has 0 bridgehead atoms. The van der Waals surface area contributed by atoms with E-state index in [4.69, 9.17) is 9.15 Å². The lowest BCUT2D eigenvalue weighted by atomic mass is 10.1. The fourth-order valence-corrected chi connectivity index (χ4v) is 2.45. The van der Waals surface area contributed by atoms with Crippen LogP contribution in [0.25, 0.3) is 11.0 Å². The Hall–Kier alpha value is -3.74. The number of ether oxygens (including phenoxy) is 1. The van der Waals surface area contributed by atoms with E-state index in [9.17, 15) is 19.2 Å². The van der Waals surface area contributed by atoms with Gasteiger partial charge in [0, 0.05) is 22.6 Å². The second-order valence-electron chi connectivity index (χ2n) is 5.58. The third kappa shape index (κ3) is 4.09. The first kappa shape index (κ1) is 18.1. The van der Waals surface area contributed by atoms with Gasteiger partial charge in [0.05, 0.1) is 6.61 Å². The molecular formula is C20H15NO6. The predicted octanol–water partition coefficient (Wildman–Crippen LogP) is 2.33. The Morgan fingerprint density at radius 2 is 1.67 bits per heavy atom. The number of carbonyl (C=O) groups is 3. The number of rotatable bonds is 5. The molecule has 0 aliphatic heterocycles. The highest BCUT2D eigenvalue weighted by Crippen LogP contribution is 2.15. The maximum absolute atomic E-state index is 12.3. The number of carbonyl (C=O) groups excluding carboxylic acids is 3. The van der Waals surface area contributed by atoms with E-state index in [1.54, 1.807) is 12.1 Å². The highest BCUT2D eigenvalue weighted by molar-refractivity contribution is 6.45. The largest absolute Gasteiger partial charge is 0.494 e. The number of Topliss-reactive ketones (excluding diaryl/α,β-unsaturated/α-hetero) is 1. The van der Waals surface area contributed by atoms with Gasteiger partial charge in [0.2, 0.25) is 0 Å². The number of amides is 2. The standard InChI is InChI=1S/C20H15NO6/c1-2-26-15-7-3-12(4-8-15)19(24)21-20(25)18(23)14-5-9-16-13(11-14)6-10-17(22)27-16/h3-11H,2H2,1H3,(H,21,24,25). The van der Waals surface area contributed by atoms with Gasteiger partial charge in [-0.25, -0.2) is 4.79 Å². The van der Waals surface area contributed by atoms with Crippen LogP contribution in [-0.4, -0.2) is 24.2 Å². The Labute approximate surface area is 153 Å². The molecule has 1 aromatic heterocycles. The van der Waals surface area contributed by atoms with Crippen LogP contribution in [0.1, 0.15) is 27.6 Å². The SMILES string of the molecule is CCOc1ccc(C(=O)NC(=O)C(=O)c2ccc3oc(=O)ccc3c2)cc1. The average molecular weight is 365 g/mol. The smallest absolute Gasteiger partial charge is 0.336 e. The first-order valence-electron chi connectivity index (χ1n) is 8.14. The summed E-state index contributed by atoms with van der Waals surface area (Å²) in [6, 6.07) is 13.1. The lowest BCUT2D eigenvalue weighted by Crippen LogP contribution is -2.36. The summed E-state index contributed by atoms with van der Waals surface area (Å²) >= 11 is 0. The minimum atomic E-state index is -1.05. The van der Waals surface area contributed by atoms with Gasteiger partial charge >= 0.3 is 5.63 Å². The van der Waals surface area contributed by atoms with Crippen LogP contribution in [0.3, 0.4) is 0 Å². The number of fused-ring (bicyclic) bond motifs is 1. The van der Waals surface area contributed by atoms with E-state index in [-0.39, 0.29) is 11.1 Å². The van der Waals surface area contributed by atoms with E-state index >= 15 is 0 Å². The third-order valence-electron chi connectivity index (χ3n) is 3.74. The van der Waals surface area contributed by atoms with Crippen molar-refractivity contribution in [2.45, 2.75) is 6.92 Å². The molecule has 2 aromatic carbocycles. The van der Waals surface area contributed by atoms with Gasteiger partial charge in [0.25, 0.3) is 17.6 Å². The lowest BCUT2D eigenvalue weighted by Gasteiger charge is -2.06. The molecule has 2 amide bonds. The summed E-state index contributed by atoms with van der Waals surface area (Å²) in [6.45, 7) is 2.33. The molecule has 136 valence electrons. The number of imide groups is 1. The Bertz CT molecular complexity index is 1080. The Balaban J connectivity index is 1.73. The first-order chi connectivity index (χ1) is 13.0. The molecule has 0 saturated carbocycles. The number of hydrogen-bond donors (Lipinski definition) is 1. The molecule has 1 N–H and O–H groups in total. The van der Waals surface area contributed by atoms with Gasteiger partial charge in [-0.2, -0.15) is 0 Å². The summed E-state index contributed by atoms with van der Waals surface area (Å²) in [5, 5.41) is 2.55. The van der Waals surface area contributed by atoms with Crippen LogP contribution in [-0.2, 0) is 4.79 Å². The summed E-state index contributed by atoms with van der Waals surface area (Å²) < 4.78 is 10.3. The lowest BCUT2D eigenvalue weighted by molar-refractivity contribution is -0.116. The summed E-state index contributed by atoms with van der Waals surface area (Å²) in [5.41, 5.74) is 0.0819. The number of hydrogen-bond acceptors (Lipinski definition) is 6. The van der Waals surface area contributed by atoms with E-state index in [2.05, 4.69) is 5.32 Å². The zero-order chi connectivity index (χ0) is 19.4. The van der Waals surface area contributed by atoms with Crippen LogP contribution in [0.2, 0.25) is 0 Å². The highest BCUT2D eigenvalue weighted by Gasteiger charge is 2.20. The molecule has 1 heterocycles. The molecule has 0 spiro atoms. The van der Waals surface area contributed by atoms with Crippen LogP contribution < -0.4 is 15.7 Å². The van der Waals surface area contributed by atoms with E-state index in [0.29, 0.717) is 23.3 Å². The van der Waals surface area contributed by atoms with Crippen molar-refractivity contribution in [1.82, 2.24) is 5.32 Å². The maximum Gasteiger partial charge on any atom is 0.336 e. The molecule has 7 nitrogen and oxygen atoms in total. The van der Waals surface area contributed by atoms with Gasteiger partial charge in [-0.1, -0.05) is 0 Å². The van der Waals surface area contributed by atoms with E-state index in [1.165, 1.54) is 42.5 Å². The zero-order valence-electron chi connectivity index (χ0n) is 14.4. The monoisotopic (exact) mass is 365 g/mol. The van der Waals surface area contributed by atoms with Crippen LogP contribution in [0, 0.1) is 0 Å². The topological polar surface area (TPSA) is 103 Å². The van der Waals surface area contributed by atoms with E-state index in [1.807, 2.05) is 6.92 Å². The zero-order valence-corrected chi connectivity index (χ0v) is 14.4. The Morgan fingerprint density at radius 1 is 0.963 bits per heavy atom. The summed E-state index contributed by atoms with van der Waals surface area (Å²) in [5.74, 6) is -2.02. The van der Waals surface area contributed by atoms with Crippen LogP contribution in [0.4, 0.5) is 0 Å². The third-order valence-corrected chi connectivity index (χ3v) is 3.74. The molecule has 0 unspecified atom stereocenters. The Morgan fingerprint density at radius 3 is 2.37 bits per heavy atom. The Kier molecular flexibility index (Phi) is 5.12. The van der Waals surface area contributed by atoms with Crippen LogP contribution in [0.15, 0.2) is 63.8 Å². The second kappa shape index (κ2) is 7.65. The molecule has 27 heavy (non-hydrogen) atoms. The molecule has 0 atom stereocenters. The molecule has 0 saturated heterocycles. The van der Waals surface area contributed by atoms with Crippen molar-refractivity contribution in [1.29, 1.82) is 0 Å². The highest BCUT2D eigenvalue weighted by atomic mass is 16.5. The predicted molar refractivity (Wildman–Crippen MR) is 96.9 cm³/mol. The van der Waals surface area contributed by atoms with Crippen molar-refractivity contribution in [3.63, 3.8) is 0 Å². The number of nitrogens with one attached hydrogen (secondary N) is 1.